The Bertz CT molecular complexity index is 402. The summed E-state index contributed by atoms with van der Waals surface area (Å²) >= 11 is 0. The van der Waals surface area contributed by atoms with E-state index in [2.05, 4.69) is 22.2 Å². The molecule has 2 N–H and O–H groups in total. The topological polar surface area (TPSA) is 75.1 Å². The first kappa shape index (κ1) is 10.9. The van der Waals surface area contributed by atoms with Crippen LogP contribution >= 0.6 is 0 Å². The van der Waals surface area contributed by atoms with Gasteiger partial charge in [-0.25, -0.2) is 14.8 Å². The van der Waals surface area contributed by atoms with Crippen molar-refractivity contribution in [3.63, 3.8) is 0 Å². The largest absolute Gasteiger partial charge is 0.477 e. The fourth-order valence-electron chi connectivity index (χ4n) is 1.81. The third-order valence-corrected chi connectivity index (χ3v) is 3.11. The van der Waals surface area contributed by atoms with Crippen molar-refractivity contribution in [1.82, 2.24) is 9.97 Å². The average Bonchev–Trinajstić information content (AvgIpc) is 2.24. The van der Waals surface area contributed by atoms with Gasteiger partial charge in [0.15, 0.2) is 5.69 Å². The Morgan fingerprint density at radius 1 is 1.62 bits per heavy atom. The maximum atomic E-state index is 10.7. The van der Waals surface area contributed by atoms with Gasteiger partial charge in [-0.3, -0.25) is 0 Å². The number of nitrogens with zero attached hydrogens (tertiary/aromatic N) is 2. The molecule has 0 radical (unpaired) electrons. The van der Waals surface area contributed by atoms with E-state index in [1.807, 2.05) is 0 Å². The summed E-state index contributed by atoms with van der Waals surface area (Å²) < 4.78 is 0. The number of carboxylic acids is 1. The van der Waals surface area contributed by atoms with Crippen molar-refractivity contribution < 1.29 is 9.90 Å². The molecule has 0 spiro atoms. The van der Waals surface area contributed by atoms with Crippen LogP contribution in [0.1, 0.15) is 36.7 Å². The van der Waals surface area contributed by atoms with E-state index in [0.717, 1.165) is 6.54 Å². The summed E-state index contributed by atoms with van der Waals surface area (Å²) in [5.74, 6) is -0.631. The molecule has 5 nitrogen and oxygen atoms in total. The molecule has 1 aliphatic rings. The number of aromatic carboxylic acids is 1. The second kappa shape index (κ2) is 4.08. The summed E-state index contributed by atoms with van der Waals surface area (Å²) in [4.78, 5) is 18.6. The number of hydrogen-bond donors (Lipinski definition) is 2. The molecule has 0 atom stereocenters. The Hall–Kier alpha value is -1.65. The van der Waals surface area contributed by atoms with Gasteiger partial charge in [0.25, 0.3) is 0 Å². The van der Waals surface area contributed by atoms with Gasteiger partial charge in [-0.15, -0.1) is 0 Å². The molecule has 1 saturated carbocycles. The summed E-state index contributed by atoms with van der Waals surface area (Å²) in [6.07, 6.45) is 5.15. The number of anilines is 1. The van der Waals surface area contributed by atoms with Crippen LogP contribution in [0.5, 0.6) is 0 Å². The average molecular weight is 221 g/mol. The van der Waals surface area contributed by atoms with Gasteiger partial charge in [0.05, 0.1) is 0 Å². The number of carbonyl (C=O) groups is 1. The molecule has 1 aliphatic carbocycles. The SMILES string of the molecule is CC1(CNc2nccc(C(=O)O)n2)CCC1. The molecule has 1 heterocycles. The van der Waals surface area contributed by atoms with Crippen molar-refractivity contribution >= 4 is 11.9 Å². The fourth-order valence-corrected chi connectivity index (χ4v) is 1.81. The number of hydrogen-bond acceptors (Lipinski definition) is 4. The van der Waals surface area contributed by atoms with E-state index in [-0.39, 0.29) is 5.69 Å². The number of rotatable bonds is 4. The smallest absolute Gasteiger partial charge is 0.354 e. The predicted molar refractivity (Wildman–Crippen MR) is 59.4 cm³/mol. The third-order valence-electron chi connectivity index (χ3n) is 3.11. The van der Waals surface area contributed by atoms with Crippen molar-refractivity contribution in [2.24, 2.45) is 5.41 Å². The van der Waals surface area contributed by atoms with Crippen LogP contribution in [0.4, 0.5) is 5.95 Å². The summed E-state index contributed by atoms with van der Waals surface area (Å²) in [6, 6.07) is 1.39. The second-order valence-corrected chi connectivity index (χ2v) is 4.59. The third kappa shape index (κ3) is 2.29. The second-order valence-electron chi connectivity index (χ2n) is 4.59. The van der Waals surface area contributed by atoms with Crippen LogP contribution in [-0.2, 0) is 0 Å². The molecule has 0 amide bonds. The van der Waals surface area contributed by atoms with Crippen LogP contribution in [-0.4, -0.2) is 27.6 Å². The van der Waals surface area contributed by atoms with Gasteiger partial charge in [0.1, 0.15) is 0 Å². The van der Waals surface area contributed by atoms with Crippen LogP contribution in [0.15, 0.2) is 12.3 Å². The molecular weight excluding hydrogens is 206 g/mol. The molecule has 1 aromatic rings. The van der Waals surface area contributed by atoms with Crippen molar-refractivity contribution in [1.29, 1.82) is 0 Å². The normalized spacial score (nSPS) is 17.6. The van der Waals surface area contributed by atoms with E-state index in [4.69, 9.17) is 5.11 Å². The first-order valence-electron chi connectivity index (χ1n) is 5.39. The lowest BCUT2D eigenvalue weighted by Crippen LogP contribution is -2.33. The van der Waals surface area contributed by atoms with E-state index in [0.29, 0.717) is 11.4 Å². The minimum absolute atomic E-state index is 0.0243. The highest BCUT2D eigenvalue weighted by molar-refractivity contribution is 5.85. The molecule has 2 rings (SSSR count). The van der Waals surface area contributed by atoms with Crippen LogP contribution in [0.2, 0.25) is 0 Å². The van der Waals surface area contributed by atoms with Crippen molar-refractivity contribution in [3.8, 4) is 0 Å². The van der Waals surface area contributed by atoms with E-state index >= 15 is 0 Å². The van der Waals surface area contributed by atoms with Gasteiger partial charge in [0.2, 0.25) is 5.95 Å². The predicted octanol–water partition coefficient (Wildman–Crippen LogP) is 1.78. The van der Waals surface area contributed by atoms with Crippen LogP contribution in [0.25, 0.3) is 0 Å². The molecular formula is C11H15N3O2. The molecule has 0 unspecified atom stereocenters. The lowest BCUT2D eigenvalue weighted by Gasteiger charge is -2.38. The number of aromatic nitrogens is 2. The Kier molecular flexibility index (Phi) is 2.77. The fraction of sp³-hybridized carbons (Fsp3) is 0.545. The Balaban J connectivity index is 1.98. The Labute approximate surface area is 93.9 Å². The van der Waals surface area contributed by atoms with Gasteiger partial charge in [-0.1, -0.05) is 13.3 Å². The zero-order valence-electron chi connectivity index (χ0n) is 9.23. The Morgan fingerprint density at radius 2 is 2.38 bits per heavy atom. The zero-order valence-corrected chi connectivity index (χ0v) is 9.23. The Morgan fingerprint density at radius 3 is 2.94 bits per heavy atom. The minimum atomic E-state index is -1.03. The van der Waals surface area contributed by atoms with Gasteiger partial charge < -0.3 is 10.4 Å². The van der Waals surface area contributed by atoms with Gasteiger partial charge in [0, 0.05) is 12.7 Å². The molecule has 16 heavy (non-hydrogen) atoms. The van der Waals surface area contributed by atoms with Gasteiger partial charge in [-0.05, 0) is 24.3 Å². The quantitative estimate of drug-likeness (QED) is 0.810. The lowest BCUT2D eigenvalue weighted by atomic mass is 9.70. The summed E-state index contributed by atoms with van der Waals surface area (Å²) in [5.41, 5.74) is 0.346. The monoisotopic (exact) mass is 221 g/mol. The minimum Gasteiger partial charge on any atom is -0.477 e. The highest BCUT2D eigenvalue weighted by atomic mass is 16.4. The highest BCUT2D eigenvalue weighted by Gasteiger charge is 2.31. The summed E-state index contributed by atoms with van der Waals surface area (Å²) in [6.45, 7) is 3.01. The van der Waals surface area contributed by atoms with Crippen LogP contribution < -0.4 is 5.32 Å². The van der Waals surface area contributed by atoms with Gasteiger partial charge in [-0.2, -0.15) is 0 Å². The number of nitrogens with one attached hydrogen (secondary N) is 1. The zero-order chi connectivity index (χ0) is 11.6. The van der Waals surface area contributed by atoms with Crippen LogP contribution in [0.3, 0.4) is 0 Å². The molecule has 1 aromatic heterocycles. The standard InChI is InChI=1S/C11H15N3O2/c1-11(4-2-5-11)7-13-10-12-6-3-8(14-10)9(15)16/h3,6H,2,4-5,7H2,1H3,(H,15,16)(H,12,13,14). The molecule has 0 saturated heterocycles. The molecule has 0 aliphatic heterocycles. The van der Waals surface area contributed by atoms with E-state index < -0.39 is 5.97 Å². The number of carboxylic acid groups (broad SMARTS) is 1. The van der Waals surface area contributed by atoms with Crippen LogP contribution in [0, 0.1) is 5.41 Å². The van der Waals surface area contributed by atoms with E-state index in [1.165, 1.54) is 31.5 Å². The molecule has 1 fully saturated rings. The summed E-state index contributed by atoms with van der Waals surface area (Å²) in [5, 5.41) is 11.9. The maximum absolute atomic E-state index is 10.7. The lowest BCUT2D eigenvalue weighted by molar-refractivity contribution is 0.0690. The van der Waals surface area contributed by atoms with E-state index in [1.54, 1.807) is 0 Å². The molecule has 0 bridgehead atoms. The van der Waals surface area contributed by atoms with E-state index in [9.17, 15) is 4.79 Å². The van der Waals surface area contributed by atoms with Crippen molar-refractivity contribution in [3.05, 3.63) is 18.0 Å². The van der Waals surface area contributed by atoms with Gasteiger partial charge >= 0.3 is 5.97 Å². The first-order valence-corrected chi connectivity index (χ1v) is 5.39. The summed E-state index contributed by atoms with van der Waals surface area (Å²) in [7, 11) is 0. The molecule has 5 heteroatoms. The maximum Gasteiger partial charge on any atom is 0.354 e. The highest BCUT2D eigenvalue weighted by Crippen LogP contribution is 2.39. The van der Waals surface area contributed by atoms with Crippen molar-refractivity contribution in [2.75, 3.05) is 11.9 Å². The molecule has 86 valence electrons. The first-order chi connectivity index (χ1) is 7.59. The molecule has 0 aromatic carbocycles. The van der Waals surface area contributed by atoms with Crippen molar-refractivity contribution in [2.45, 2.75) is 26.2 Å².